The standard InChI is InChI=1S/C20H28N2O4/c1-3-26-17-12-16(20(17)10-4-5-11-20)22(2)19(25)21-13-14-6-8-15(9-7-14)18(23)24/h6-9,16-17H,3-5,10-13H2,1-2H3,(H,21,25)(H,23,24). The van der Waals surface area contributed by atoms with E-state index in [2.05, 4.69) is 5.32 Å². The third-order valence-electron chi connectivity index (χ3n) is 6.08. The van der Waals surface area contributed by atoms with Crippen LogP contribution in [0.15, 0.2) is 24.3 Å². The fourth-order valence-corrected chi connectivity index (χ4v) is 4.60. The van der Waals surface area contributed by atoms with E-state index in [4.69, 9.17) is 9.84 Å². The Morgan fingerprint density at radius 3 is 2.50 bits per heavy atom. The number of carboxylic acids is 1. The van der Waals surface area contributed by atoms with E-state index in [1.54, 1.807) is 24.3 Å². The van der Waals surface area contributed by atoms with E-state index in [0.717, 1.165) is 31.4 Å². The average Bonchev–Trinajstić information content (AvgIpc) is 3.15. The van der Waals surface area contributed by atoms with E-state index >= 15 is 0 Å². The van der Waals surface area contributed by atoms with Gasteiger partial charge in [-0.05, 0) is 43.9 Å². The topological polar surface area (TPSA) is 78.9 Å². The van der Waals surface area contributed by atoms with Crippen molar-refractivity contribution in [1.82, 2.24) is 10.2 Å². The number of benzene rings is 1. The van der Waals surface area contributed by atoms with Gasteiger partial charge in [0.15, 0.2) is 0 Å². The van der Waals surface area contributed by atoms with Gasteiger partial charge in [0, 0.05) is 31.7 Å². The maximum Gasteiger partial charge on any atom is 0.335 e. The Bertz CT molecular complexity index is 652. The van der Waals surface area contributed by atoms with Gasteiger partial charge in [-0.3, -0.25) is 0 Å². The number of hydrogen-bond acceptors (Lipinski definition) is 3. The number of nitrogens with one attached hydrogen (secondary N) is 1. The zero-order valence-corrected chi connectivity index (χ0v) is 15.5. The van der Waals surface area contributed by atoms with Crippen molar-refractivity contribution in [1.29, 1.82) is 0 Å². The van der Waals surface area contributed by atoms with Gasteiger partial charge in [0.25, 0.3) is 0 Å². The molecular weight excluding hydrogens is 332 g/mol. The minimum Gasteiger partial charge on any atom is -0.478 e. The number of ether oxygens (including phenoxy) is 1. The molecule has 1 aromatic rings. The zero-order chi connectivity index (χ0) is 18.7. The predicted octanol–water partition coefficient (Wildman–Crippen LogP) is 3.26. The molecule has 2 atom stereocenters. The highest BCUT2D eigenvalue weighted by atomic mass is 16.5. The van der Waals surface area contributed by atoms with Crippen molar-refractivity contribution in [3.05, 3.63) is 35.4 Å². The fourth-order valence-electron chi connectivity index (χ4n) is 4.60. The van der Waals surface area contributed by atoms with E-state index in [1.165, 1.54) is 12.8 Å². The van der Waals surface area contributed by atoms with E-state index < -0.39 is 5.97 Å². The molecule has 2 aliphatic carbocycles. The van der Waals surface area contributed by atoms with Crippen LogP contribution in [0.1, 0.15) is 54.9 Å². The number of hydrogen-bond donors (Lipinski definition) is 2. The largest absolute Gasteiger partial charge is 0.478 e. The minimum absolute atomic E-state index is 0.0847. The first-order valence-corrected chi connectivity index (χ1v) is 9.42. The van der Waals surface area contributed by atoms with Crippen LogP contribution in [0.25, 0.3) is 0 Å². The van der Waals surface area contributed by atoms with Crippen LogP contribution < -0.4 is 5.32 Å². The summed E-state index contributed by atoms with van der Waals surface area (Å²) in [6.45, 7) is 3.14. The number of aromatic carboxylic acids is 1. The summed E-state index contributed by atoms with van der Waals surface area (Å²) < 4.78 is 5.93. The second kappa shape index (κ2) is 7.66. The average molecular weight is 360 g/mol. The highest BCUT2D eigenvalue weighted by molar-refractivity contribution is 5.87. The Kier molecular flexibility index (Phi) is 5.51. The van der Waals surface area contributed by atoms with Gasteiger partial charge in [-0.2, -0.15) is 0 Å². The Balaban J connectivity index is 1.57. The van der Waals surface area contributed by atoms with Gasteiger partial charge in [0.2, 0.25) is 0 Å². The Morgan fingerprint density at radius 1 is 1.27 bits per heavy atom. The summed E-state index contributed by atoms with van der Waals surface area (Å²) in [6, 6.07) is 6.72. The molecule has 2 amide bonds. The van der Waals surface area contributed by atoms with Crippen LogP contribution in [-0.4, -0.2) is 47.8 Å². The maximum atomic E-state index is 12.6. The highest BCUT2D eigenvalue weighted by Crippen LogP contribution is 2.56. The van der Waals surface area contributed by atoms with Gasteiger partial charge >= 0.3 is 12.0 Å². The molecule has 2 fully saturated rings. The smallest absolute Gasteiger partial charge is 0.335 e. The second-order valence-electron chi connectivity index (χ2n) is 7.41. The van der Waals surface area contributed by atoms with Gasteiger partial charge < -0.3 is 20.1 Å². The molecule has 0 aliphatic heterocycles. The van der Waals surface area contributed by atoms with Gasteiger partial charge in [0.1, 0.15) is 0 Å². The maximum absolute atomic E-state index is 12.6. The van der Waals surface area contributed by atoms with Crippen LogP contribution in [0.2, 0.25) is 0 Å². The summed E-state index contributed by atoms with van der Waals surface area (Å²) in [5.41, 5.74) is 1.26. The van der Waals surface area contributed by atoms with E-state index in [1.807, 2.05) is 18.9 Å². The fraction of sp³-hybridized carbons (Fsp3) is 0.600. The first-order valence-electron chi connectivity index (χ1n) is 9.42. The lowest BCUT2D eigenvalue weighted by molar-refractivity contribution is -0.151. The van der Waals surface area contributed by atoms with E-state index in [0.29, 0.717) is 6.54 Å². The van der Waals surface area contributed by atoms with Crippen LogP contribution >= 0.6 is 0 Å². The molecule has 1 aromatic carbocycles. The van der Waals surface area contributed by atoms with Crippen molar-refractivity contribution in [2.75, 3.05) is 13.7 Å². The van der Waals surface area contributed by atoms with Crippen molar-refractivity contribution in [3.63, 3.8) is 0 Å². The van der Waals surface area contributed by atoms with Crippen LogP contribution in [0.5, 0.6) is 0 Å². The summed E-state index contributed by atoms with van der Waals surface area (Å²) in [7, 11) is 1.87. The molecular formula is C20H28N2O4. The molecule has 1 spiro atoms. The van der Waals surface area contributed by atoms with E-state index in [9.17, 15) is 9.59 Å². The number of urea groups is 1. The van der Waals surface area contributed by atoms with Crippen molar-refractivity contribution in [2.24, 2.45) is 5.41 Å². The molecule has 26 heavy (non-hydrogen) atoms. The highest BCUT2D eigenvalue weighted by Gasteiger charge is 2.58. The molecule has 142 valence electrons. The molecule has 0 heterocycles. The van der Waals surface area contributed by atoms with Crippen LogP contribution in [-0.2, 0) is 11.3 Å². The zero-order valence-electron chi connectivity index (χ0n) is 15.5. The number of carbonyl (C=O) groups is 2. The lowest BCUT2D eigenvalue weighted by Gasteiger charge is -2.56. The lowest BCUT2D eigenvalue weighted by atomic mass is 9.60. The Labute approximate surface area is 154 Å². The third-order valence-corrected chi connectivity index (χ3v) is 6.08. The third kappa shape index (κ3) is 3.43. The lowest BCUT2D eigenvalue weighted by Crippen LogP contribution is -2.65. The molecule has 2 aliphatic rings. The predicted molar refractivity (Wildman–Crippen MR) is 98.1 cm³/mol. The van der Waals surface area contributed by atoms with Crippen molar-refractivity contribution in [3.8, 4) is 0 Å². The van der Waals surface area contributed by atoms with Gasteiger partial charge in [-0.25, -0.2) is 9.59 Å². The second-order valence-corrected chi connectivity index (χ2v) is 7.41. The quantitative estimate of drug-likeness (QED) is 0.816. The molecule has 6 nitrogen and oxygen atoms in total. The Morgan fingerprint density at radius 2 is 1.92 bits per heavy atom. The SMILES string of the molecule is CCOC1CC(N(C)C(=O)NCc2ccc(C(=O)O)cc2)C12CCCC2. The molecule has 2 unspecified atom stereocenters. The Hall–Kier alpha value is -2.08. The summed E-state index contributed by atoms with van der Waals surface area (Å²) in [5, 5.41) is 11.9. The molecule has 3 rings (SSSR count). The van der Waals surface area contributed by atoms with Crippen molar-refractivity contribution in [2.45, 2.75) is 57.7 Å². The van der Waals surface area contributed by atoms with Crippen molar-refractivity contribution >= 4 is 12.0 Å². The van der Waals surface area contributed by atoms with Gasteiger partial charge in [-0.1, -0.05) is 25.0 Å². The number of carboxylic acid groups (broad SMARTS) is 1. The molecule has 2 N–H and O–H groups in total. The first kappa shape index (κ1) is 18.7. The molecule has 0 saturated heterocycles. The van der Waals surface area contributed by atoms with Crippen LogP contribution in [0.3, 0.4) is 0 Å². The minimum atomic E-state index is -0.948. The molecule has 0 bridgehead atoms. The number of amides is 2. The van der Waals surface area contributed by atoms with Crippen molar-refractivity contribution < 1.29 is 19.4 Å². The summed E-state index contributed by atoms with van der Waals surface area (Å²) in [5.74, 6) is -0.948. The molecule has 0 radical (unpaired) electrons. The summed E-state index contributed by atoms with van der Waals surface area (Å²) >= 11 is 0. The summed E-state index contributed by atoms with van der Waals surface area (Å²) in [4.78, 5) is 25.3. The van der Waals surface area contributed by atoms with Crippen LogP contribution in [0.4, 0.5) is 4.79 Å². The van der Waals surface area contributed by atoms with Crippen LogP contribution in [0, 0.1) is 5.41 Å². The number of rotatable bonds is 6. The molecule has 2 saturated carbocycles. The molecule has 6 heteroatoms. The number of carbonyl (C=O) groups excluding carboxylic acids is 1. The number of nitrogens with zero attached hydrogens (tertiary/aromatic N) is 1. The normalized spacial score (nSPS) is 23.5. The first-order chi connectivity index (χ1) is 12.5. The van der Waals surface area contributed by atoms with Gasteiger partial charge in [-0.15, -0.1) is 0 Å². The monoisotopic (exact) mass is 360 g/mol. The van der Waals surface area contributed by atoms with Gasteiger partial charge in [0.05, 0.1) is 11.7 Å². The van der Waals surface area contributed by atoms with E-state index in [-0.39, 0.29) is 29.2 Å². The molecule has 0 aromatic heterocycles. The summed E-state index contributed by atoms with van der Waals surface area (Å²) in [6.07, 6.45) is 5.88.